The van der Waals surface area contributed by atoms with E-state index >= 15 is 0 Å². The Morgan fingerprint density at radius 3 is 2.66 bits per heavy atom. The second-order valence-electron chi connectivity index (χ2n) is 8.83. The molecule has 2 aromatic carbocycles. The third-order valence-corrected chi connectivity index (χ3v) is 6.38. The average Bonchev–Trinajstić information content (AvgIpc) is 3.75. The number of aromatic nitrogens is 2. The summed E-state index contributed by atoms with van der Waals surface area (Å²) in [6.07, 6.45) is 9.97. The van der Waals surface area contributed by atoms with Gasteiger partial charge in [-0.05, 0) is 56.9 Å². The minimum atomic E-state index is -0.499. The molecule has 7 nitrogen and oxygen atoms in total. The van der Waals surface area contributed by atoms with E-state index < -0.39 is 5.82 Å². The van der Waals surface area contributed by atoms with E-state index in [1.807, 2.05) is 13.0 Å². The highest BCUT2D eigenvalue weighted by Gasteiger charge is 2.38. The molecule has 1 amide bonds. The molecule has 0 aliphatic heterocycles. The quantitative estimate of drug-likeness (QED) is 0.352. The van der Waals surface area contributed by atoms with Crippen molar-refractivity contribution in [1.29, 1.82) is 0 Å². The molecule has 2 aliphatic rings. The Hall–Kier alpha value is -3.23. The fourth-order valence-electron chi connectivity index (χ4n) is 4.13. The van der Waals surface area contributed by atoms with Gasteiger partial charge >= 0.3 is 0 Å². The molecule has 9 heteroatoms. The number of rotatable bonds is 10. The molecule has 182 valence electrons. The van der Waals surface area contributed by atoms with Gasteiger partial charge in [-0.25, -0.2) is 14.4 Å². The fraction of sp³-hybridized carbons (Fsp3) is 0.346. The van der Waals surface area contributed by atoms with Crippen LogP contribution < -0.4 is 15.4 Å². The lowest BCUT2D eigenvalue weighted by Crippen LogP contribution is -2.28. The van der Waals surface area contributed by atoms with Gasteiger partial charge in [-0.1, -0.05) is 17.7 Å². The number of benzene rings is 2. The standard InChI is InChI=1S/C26H27ClFN5O2/c1-2-35-24-14-22-19(26(30-15-29-22)31-16-5-10-21(28)20(27)12-16)13-23(24)32-25(34)4-3-11-33(17-6-7-17)18-8-9-18/h3-5,10,12-15,17-18H,2,6-9,11H2,1H3,(H,32,34)(H,29,30,31)/b4-3+. The van der Waals surface area contributed by atoms with Gasteiger partial charge in [0.1, 0.15) is 23.7 Å². The molecule has 0 unspecified atom stereocenters. The topological polar surface area (TPSA) is 79.4 Å². The van der Waals surface area contributed by atoms with Crippen molar-refractivity contribution in [3.05, 3.63) is 59.7 Å². The van der Waals surface area contributed by atoms with Gasteiger partial charge in [0, 0.05) is 41.8 Å². The van der Waals surface area contributed by atoms with Crippen molar-refractivity contribution in [2.24, 2.45) is 0 Å². The lowest BCUT2D eigenvalue weighted by molar-refractivity contribution is -0.111. The predicted molar refractivity (Wildman–Crippen MR) is 136 cm³/mol. The zero-order chi connectivity index (χ0) is 24.4. The van der Waals surface area contributed by atoms with E-state index in [2.05, 4.69) is 25.5 Å². The number of hydrogen-bond donors (Lipinski definition) is 2. The summed E-state index contributed by atoms with van der Waals surface area (Å²) in [4.78, 5) is 23.9. The Morgan fingerprint density at radius 1 is 1.20 bits per heavy atom. The van der Waals surface area contributed by atoms with Crippen LogP contribution in [-0.4, -0.2) is 46.0 Å². The number of halogens is 2. The molecule has 1 aromatic heterocycles. The van der Waals surface area contributed by atoms with E-state index in [1.165, 1.54) is 44.1 Å². The van der Waals surface area contributed by atoms with Crippen LogP contribution in [0.1, 0.15) is 32.6 Å². The number of nitrogens with zero attached hydrogens (tertiary/aromatic N) is 3. The summed E-state index contributed by atoms with van der Waals surface area (Å²) in [7, 11) is 0. The molecule has 0 saturated heterocycles. The highest BCUT2D eigenvalue weighted by atomic mass is 35.5. The van der Waals surface area contributed by atoms with Crippen LogP contribution in [0.4, 0.5) is 21.6 Å². The zero-order valence-electron chi connectivity index (χ0n) is 19.4. The summed E-state index contributed by atoms with van der Waals surface area (Å²) in [5.74, 6) is 0.292. The van der Waals surface area contributed by atoms with E-state index in [1.54, 1.807) is 24.3 Å². The zero-order valence-corrected chi connectivity index (χ0v) is 20.2. The third kappa shape index (κ3) is 5.71. The number of carbonyl (C=O) groups is 1. The van der Waals surface area contributed by atoms with E-state index in [0.29, 0.717) is 52.5 Å². The number of nitrogens with one attached hydrogen (secondary N) is 2. The Labute approximate surface area is 208 Å². The van der Waals surface area contributed by atoms with Gasteiger partial charge in [0.05, 0.1) is 22.8 Å². The molecule has 0 spiro atoms. The molecule has 0 radical (unpaired) electrons. The van der Waals surface area contributed by atoms with Crippen molar-refractivity contribution in [3.63, 3.8) is 0 Å². The molecular weight excluding hydrogens is 469 g/mol. The van der Waals surface area contributed by atoms with E-state index in [9.17, 15) is 9.18 Å². The van der Waals surface area contributed by atoms with Crippen molar-refractivity contribution in [3.8, 4) is 5.75 Å². The molecule has 35 heavy (non-hydrogen) atoms. The van der Waals surface area contributed by atoms with Crippen LogP contribution in [0.25, 0.3) is 10.9 Å². The highest BCUT2D eigenvalue weighted by Crippen LogP contribution is 2.37. The lowest BCUT2D eigenvalue weighted by atomic mass is 10.1. The number of fused-ring (bicyclic) bond motifs is 1. The molecule has 5 rings (SSSR count). The largest absolute Gasteiger partial charge is 0.492 e. The van der Waals surface area contributed by atoms with E-state index in [0.717, 1.165) is 6.54 Å². The summed E-state index contributed by atoms with van der Waals surface area (Å²) in [5, 5.41) is 6.77. The SMILES string of the molecule is CCOc1cc2ncnc(Nc3ccc(F)c(Cl)c3)c2cc1NC(=O)/C=C/CN(C1CC1)C1CC1. The molecule has 3 aromatic rings. The van der Waals surface area contributed by atoms with Gasteiger partial charge in [0.2, 0.25) is 5.91 Å². The minimum Gasteiger partial charge on any atom is -0.492 e. The predicted octanol–water partition coefficient (Wildman–Crippen LogP) is 5.69. The van der Waals surface area contributed by atoms with E-state index in [4.69, 9.17) is 16.3 Å². The average molecular weight is 496 g/mol. The van der Waals surface area contributed by atoms with Gasteiger partial charge in [0.25, 0.3) is 0 Å². The second kappa shape index (κ2) is 10.2. The van der Waals surface area contributed by atoms with Crippen LogP contribution in [0, 0.1) is 5.82 Å². The fourth-order valence-corrected chi connectivity index (χ4v) is 4.31. The van der Waals surface area contributed by atoms with Crippen molar-refractivity contribution >= 4 is 45.6 Å². The lowest BCUT2D eigenvalue weighted by Gasteiger charge is -2.19. The Kier molecular flexibility index (Phi) is 6.83. The van der Waals surface area contributed by atoms with Crippen LogP contribution in [0.5, 0.6) is 5.75 Å². The first-order chi connectivity index (χ1) is 17.0. The first kappa shape index (κ1) is 23.5. The van der Waals surface area contributed by atoms with Crippen LogP contribution in [0.2, 0.25) is 5.02 Å². The monoisotopic (exact) mass is 495 g/mol. The van der Waals surface area contributed by atoms with Gasteiger partial charge in [-0.2, -0.15) is 0 Å². The number of ether oxygens (including phenoxy) is 1. The van der Waals surface area contributed by atoms with Gasteiger partial charge in [0.15, 0.2) is 0 Å². The number of anilines is 3. The second-order valence-corrected chi connectivity index (χ2v) is 9.23. The number of carbonyl (C=O) groups excluding carboxylic acids is 1. The molecule has 2 N–H and O–H groups in total. The summed E-state index contributed by atoms with van der Waals surface area (Å²) in [5.41, 5.74) is 1.73. The molecule has 2 fully saturated rings. The maximum atomic E-state index is 13.6. The van der Waals surface area contributed by atoms with Gasteiger partial charge in [-0.15, -0.1) is 0 Å². The number of amides is 1. The van der Waals surface area contributed by atoms with Crippen molar-refractivity contribution in [1.82, 2.24) is 14.9 Å². The first-order valence-electron chi connectivity index (χ1n) is 11.9. The minimum absolute atomic E-state index is 0.00803. The van der Waals surface area contributed by atoms with Gasteiger partial charge in [-0.3, -0.25) is 9.69 Å². The summed E-state index contributed by atoms with van der Waals surface area (Å²) in [6, 6.07) is 9.25. The maximum Gasteiger partial charge on any atom is 0.248 e. The Morgan fingerprint density at radius 2 is 1.97 bits per heavy atom. The van der Waals surface area contributed by atoms with Crippen LogP contribution in [0.3, 0.4) is 0 Å². The number of hydrogen-bond acceptors (Lipinski definition) is 6. The first-order valence-corrected chi connectivity index (χ1v) is 12.3. The third-order valence-electron chi connectivity index (χ3n) is 6.09. The molecule has 0 atom stereocenters. The van der Waals surface area contributed by atoms with Gasteiger partial charge < -0.3 is 15.4 Å². The smallest absolute Gasteiger partial charge is 0.248 e. The van der Waals surface area contributed by atoms with Crippen molar-refractivity contribution in [2.45, 2.75) is 44.7 Å². The summed E-state index contributed by atoms with van der Waals surface area (Å²) >= 11 is 5.92. The molecule has 0 bridgehead atoms. The molecule has 2 saturated carbocycles. The van der Waals surface area contributed by atoms with E-state index in [-0.39, 0.29) is 10.9 Å². The Bertz CT molecular complexity index is 1260. The Balaban J connectivity index is 1.37. The normalized spacial score (nSPS) is 15.7. The highest BCUT2D eigenvalue weighted by molar-refractivity contribution is 6.31. The molecular formula is C26H27ClFN5O2. The molecule has 2 aliphatic carbocycles. The van der Waals surface area contributed by atoms with Crippen LogP contribution >= 0.6 is 11.6 Å². The van der Waals surface area contributed by atoms with Crippen molar-refractivity contribution in [2.75, 3.05) is 23.8 Å². The van der Waals surface area contributed by atoms with Crippen molar-refractivity contribution < 1.29 is 13.9 Å². The van der Waals surface area contributed by atoms with Crippen LogP contribution in [-0.2, 0) is 4.79 Å². The van der Waals surface area contributed by atoms with Crippen LogP contribution in [0.15, 0.2) is 48.8 Å². The maximum absolute atomic E-state index is 13.6. The molecule has 1 heterocycles. The summed E-state index contributed by atoms with van der Waals surface area (Å²) in [6.45, 7) is 3.11. The summed E-state index contributed by atoms with van der Waals surface area (Å²) < 4.78 is 19.3.